The molecule has 0 aliphatic rings. The highest BCUT2D eigenvalue weighted by Crippen LogP contribution is 2.13. The van der Waals surface area contributed by atoms with Crippen LogP contribution in [0.4, 0.5) is 5.69 Å². The molecule has 0 fully saturated rings. The summed E-state index contributed by atoms with van der Waals surface area (Å²) < 4.78 is 10.5. The molecule has 1 N–H and O–H groups in total. The molecule has 24 heavy (non-hydrogen) atoms. The fourth-order valence-corrected chi connectivity index (χ4v) is 2.02. The monoisotopic (exact) mass is 326 g/mol. The highest BCUT2D eigenvalue weighted by molar-refractivity contribution is 5.80. The van der Waals surface area contributed by atoms with E-state index in [9.17, 15) is 4.79 Å². The number of nitrogens with zero attached hydrogens (tertiary/aromatic N) is 1. The topological polar surface area (TPSA) is 59.9 Å². The molecule has 0 saturated heterocycles. The van der Waals surface area contributed by atoms with E-state index in [1.54, 1.807) is 13.1 Å². The zero-order valence-electron chi connectivity index (χ0n) is 13.8. The standard InChI is InChI=1S/C19H22N2O3/c1-2-23-19(22)12-7-13-24-18-11-6-8-16(14-18)15-20-21-17-9-4-3-5-10-17/h3-6,8-11,14-15,21H,2,7,12-13H2,1H3. The van der Waals surface area contributed by atoms with Crippen LogP contribution < -0.4 is 10.2 Å². The van der Waals surface area contributed by atoms with Gasteiger partial charge in [-0.3, -0.25) is 10.2 Å². The van der Waals surface area contributed by atoms with Crippen LogP contribution in [0.15, 0.2) is 59.7 Å². The molecule has 0 aliphatic carbocycles. The molecule has 2 aromatic rings. The first-order chi connectivity index (χ1) is 11.8. The fourth-order valence-electron chi connectivity index (χ4n) is 2.02. The number of ether oxygens (including phenoxy) is 2. The van der Waals surface area contributed by atoms with E-state index >= 15 is 0 Å². The zero-order valence-corrected chi connectivity index (χ0v) is 13.8. The lowest BCUT2D eigenvalue weighted by atomic mass is 10.2. The minimum atomic E-state index is -0.186. The minimum Gasteiger partial charge on any atom is -0.494 e. The number of carbonyl (C=O) groups excluding carboxylic acids is 1. The Morgan fingerprint density at radius 2 is 2.00 bits per heavy atom. The van der Waals surface area contributed by atoms with E-state index in [1.807, 2.05) is 54.6 Å². The Kier molecular flexibility index (Phi) is 7.34. The summed E-state index contributed by atoms with van der Waals surface area (Å²) in [5.74, 6) is 0.566. The third-order valence-corrected chi connectivity index (χ3v) is 3.14. The summed E-state index contributed by atoms with van der Waals surface area (Å²) >= 11 is 0. The Morgan fingerprint density at radius 3 is 2.79 bits per heavy atom. The number of hydrazone groups is 1. The van der Waals surface area contributed by atoms with Crippen molar-refractivity contribution in [2.75, 3.05) is 18.6 Å². The first-order valence-electron chi connectivity index (χ1n) is 8.00. The summed E-state index contributed by atoms with van der Waals surface area (Å²) in [7, 11) is 0. The maximum atomic E-state index is 11.2. The van der Waals surface area contributed by atoms with Gasteiger partial charge >= 0.3 is 5.97 Å². The van der Waals surface area contributed by atoms with Gasteiger partial charge in [0, 0.05) is 6.42 Å². The van der Waals surface area contributed by atoms with Crippen LogP contribution in [0.2, 0.25) is 0 Å². The van der Waals surface area contributed by atoms with Crippen LogP contribution in [0.3, 0.4) is 0 Å². The molecule has 0 saturated carbocycles. The highest BCUT2D eigenvalue weighted by atomic mass is 16.5. The van der Waals surface area contributed by atoms with Crippen molar-refractivity contribution in [2.24, 2.45) is 5.10 Å². The maximum absolute atomic E-state index is 11.2. The number of benzene rings is 2. The summed E-state index contributed by atoms with van der Waals surface area (Å²) in [5.41, 5.74) is 4.83. The van der Waals surface area contributed by atoms with Crippen molar-refractivity contribution in [2.45, 2.75) is 19.8 Å². The van der Waals surface area contributed by atoms with Gasteiger partial charge in [-0.1, -0.05) is 30.3 Å². The van der Waals surface area contributed by atoms with Crippen molar-refractivity contribution in [1.29, 1.82) is 0 Å². The first kappa shape index (κ1) is 17.5. The molecule has 0 spiro atoms. The van der Waals surface area contributed by atoms with Crippen LogP contribution in [0.1, 0.15) is 25.3 Å². The van der Waals surface area contributed by atoms with Gasteiger partial charge in [-0.15, -0.1) is 0 Å². The molecular formula is C19H22N2O3. The van der Waals surface area contributed by atoms with E-state index in [-0.39, 0.29) is 5.97 Å². The van der Waals surface area contributed by atoms with Gasteiger partial charge in [-0.05, 0) is 43.2 Å². The molecule has 2 aromatic carbocycles. The zero-order chi connectivity index (χ0) is 17.0. The Morgan fingerprint density at radius 1 is 1.17 bits per heavy atom. The Hall–Kier alpha value is -2.82. The van der Waals surface area contributed by atoms with Crippen LogP contribution >= 0.6 is 0 Å². The number of hydrogen-bond donors (Lipinski definition) is 1. The van der Waals surface area contributed by atoms with Gasteiger partial charge < -0.3 is 9.47 Å². The van der Waals surface area contributed by atoms with E-state index in [1.165, 1.54) is 0 Å². The van der Waals surface area contributed by atoms with Crippen molar-refractivity contribution in [1.82, 2.24) is 0 Å². The van der Waals surface area contributed by atoms with Gasteiger partial charge in [0.2, 0.25) is 0 Å². The fraction of sp³-hybridized carbons (Fsp3) is 0.263. The predicted molar refractivity (Wildman–Crippen MR) is 95.5 cm³/mol. The molecule has 126 valence electrons. The van der Waals surface area contributed by atoms with E-state index in [4.69, 9.17) is 9.47 Å². The number of para-hydroxylation sites is 1. The summed E-state index contributed by atoms with van der Waals surface area (Å²) in [4.78, 5) is 11.2. The third kappa shape index (κ3) is 6.52. The van der Waals surface area contributed by atoms with E-state index in [2.05, 4.69) is 10.5 Å². The van der Waals surface area contributed by atoms with Gasteiger partial charge in [-0.2, -0.15) is 5.10 Å². The maximum Gasteiger partial charge on any atom is 0.305 e. The summed E-state index contributed by atoms with van der Waals surface area (Å²) in [5, 5.41) is 4.20. The molecule has 0 atom stereocenters. The second-order valence-electron chi connectivity index (χ2n) is 5.07. The van der Waals surface area contributed by atoms with Crippen molar-refractivity contribution in [3.8, 4) is 5.75 Å². The van der Waals surface area contributed by atoms with Gasteiger partial charge in [0.25, 0.3) is 0 Å². The van der Waals surface area contributed by atoms with Crippen LogP contribution in [-0.2, 0) is 9.53 Å². The molecule has 0 aliphatic heterocycles. The molecule has 5 heteroatoms. The molecule has 2 rings (SSSR count). The van der Waals surface area contributed by atoms with Crippen LogP contribution in [0, 0.1) is 0 Å². The summed E-state index contributed by atoms with van der Waals surface area (Å²) in [6, 6.07) is 17.4. The smallest absolute Gasteiger partial charge is 0.305 e. The molecule has 0 bridgehead atoms. The first-order valence-corrected chi connectivity index (χ1v) is 8.00. The molecule has 0 aromatic heterocycles. The molecular weight excluding hydrogens is 304 g/mol. The van der Waals surface area contributed by atoms with Crippen LogP contribution in [-0.4, -0.2) is 25.4 Å². The van der Waals surface area contributed by atoms with E-state index in [0.717, 1.165) is 17.0 Å². The summed E-state index contributed by atoms with van der Waals surface area (Å²) in [6.07, 6.45) is 2.74. The Bertz CT molecular complexity index is 657. The quantitative estimate of drug-likeness (QED) is 0.329. The number of anilines is 1. The highest BCUT2D eigenvalue weighted by Gasteiger charge is 2.01. The predicted octanol–water partition coefficient (Wildman–Crippen LogP) is 3.85. The number of rotatable bonds is 9. The van der Waals surface area contributed by atoms with Gasteiger partial charge in [-0.25, -0.2) is 0 Å². The molecule has 0 unspecified atom stereocenters. The van der Waals surface area contributed by atoms with Crippen molar-refractivity contribution in [3.05, 3.63) is 60.2 Å². The second-order valence-corrected chi connectivity index (χ2v) is 5.07. The lowest BCUT2D eigenvalue weighted by molar-refractivity contribution is -0.143. The van der Waals surface area contributed by atoms with Crippen molar-refractivity contribution >= 4 is 17.9 Å². The average Bonchev–Trinajstić information content (AvgIpc) is 2.60. The van der Waals surface area contributed by atoms with E-state index in [0.29, 0.717) is 26.1 Å². The Labute approximate surface area is 142 Å². The van der Waals surface area contributed by atoms with Gasteiger partial charge in [0.15, 0.2) is 0 Å². The number of nitrogens with one attached hydrogen (secondary N) is 1. The van der Waals surface area contributed by atoms with Gasteiger partial charge in [0.05, 0.1) is 25.1 Å². The molecule has 0 radical (unpaired) electrons. The lowest BCUT2D eigenvalue weighted by Gasteiger charge is -2.06. The number of carbonyl (C=O) groups is 1. The normalized spacial score (nSPS) is 10.5. The number of hydrogen-bond acceptors (Lipinski definition) is 5. The largest absolute Gasteiger partial charge is 0.494 e. The van der Waals surface area contributed by atoms with Crippen LogP contribution in [0.25, 0.3) is 0 Å². The average molecular weight is 326 g/mol. The molecule has 0 amide bonds. The Balaban J connectivity index is 1.77. The third-order valence-electron chi connectivity index (χ3n) is 3.14. The van der Waals surface area contributed by atoms with E-state index < -0.39 is 0 Å². The molecule has 5 nitrogen and oxygen atoms in total. The van der Waals surface area contributed by atoms with Crippen molar-refractivity contribution < 1.29 is 14.3 Å². The van der Waals surface area contributed by atoms with Crippen molar-refractivity contribution in [3.63, 3.8) is 0 Å². The van der Waals surface area contributed by atoms with Crippen LogP contribution in [0.5, 0.6) is 5.75 Å². The number of esters is 1. The summed E-state index contributed by atoms with van der Waals surface area (Å²) in [6.45, 7) is 2.69. The second kappa shape index (κ2) is 10.0. The SMILES string of the molecule is CCOC(=O)CCCOc1cccc(C=NNc2ccccc2)c1. The lowest BCUT2D eigenvalue weighted by Crippen LogP contribution is -2.06. The van der Waals surface area contributed by atoms with Gasteiger partial charge in [0.1, 0.15) is 5.75 Å². The minimum absolute atomic E-state index is 0.186. The molecule has 0 heterocycles.